The fraction of sp³-hybridized carbons (Fsp3) is 0.310. The number of hydrogen-bond donors (Lipinski definition) is 2. The Bertz CT molecular complexity index is 1650. The molecule has 2 aliphatic rings. The summed E-state index contributed by atoms with van der Waals surface area (Å²) in [4.78, 5) is 11.6. The van der Waals surface area contributed by atoms with Crippen molar-refractivity contribution in [1.29, 1.82) is 0 Å². The lowest BCUT2D eigenvalue weighted by atomic mass is 9.88. The molecule has 2 N–H and O–H groups in total. The molecule has 9 nitrogen and oxygen atoms in total. The molecule has 0 saturated carbocycles. The number of ether oxygens (including phenoxy) is 1. The molecule has 1 fully saturated rings. The first-order valence-corrected chi connectivity index (χ1v) is 14.5. The van der Waals surface area contributed by atoms with Crippen molar-refractivity contribution in [1.82, 2.24) is 15.3 Å². The standard InChI is InChI=1S/C29H32N6O3S/c1-29(2)19-35(39(36,37)26-8-4-6-20-7-5-11-31-28(20)26)24-17-27(32-18-22(24)29)33-23-10-9-21(16-25(23)38-3)34-14-12-30-13-15-34/h4-11,16-18,30H,12-15,19H2,1-3H3,(H,32,33). The molecule has 1 saturated heterocycles. The van der Waals surface area contributed by atoms with Crippen LogP contribution in [0.4, 0.5) is 22.9 Å². The van der Waals surface area contributed by atoms with Crippen molar-refractivity contribution in [2.24, 2.45) is 0 Å². The van der Waals surface area contributed by atoms with Crippen LogP contribution in [0.15, 0.2) is 71.9 Å². The number of sulfonamides is 1. The van der Waals surface area contributed by atoms with Crippen molar-refractivity contribution in [3.8, 4) is 5.75 Å². The van der Waals surface area contributed by atoms with Gasteiger partial charge in [0.15, 0.2) is 0 Å². The summed E-state index contributed by atoms with van der Waals surface area (Å²) in [6.07, 6.45) is 3.39. The van der Waals surface area contributed by atoms with Crippen molar-refractivity contribution in [3.05, 3.63) is 72.6 Å². The summed E-state index contributed by atoms with van der Waals surface area (Å²) < 4.78 is 35.3. The number of piperazine rings is 1. The molecule has 0 amide bonds. The molecule has 202 valence electrons. The number of benzene rings is 2. The quantitative estimate of drug-likeness (QED) is 0.371. The molecule has 10 heteroatoms. The van der Waals surface area contributed by atoms with E-state index in [1.54, 1.807) is 37.7 Å². The third kappa shape index (κ3) is 4.53. The molecule has 2 aliphatic heterocycles. The van der Waals surface area contributed by atoms with Crippen LogP contribution in [0.1, 0.15) is 19.4 Å². The lowest BCUT2D eigenvalue weighted by Crippen LogP contribution is -2.43. The molecular weight excluding hydrogens is 512 g/mol. The number of aromatic nitrogens is 2. The fourth-order valence-corrected chi connectivity index (χ4v) is 7.23. The molecular formula is C29H32N6O3S. The molecule has 2 aromatic carbocycles. The molecule has 0 unspecified atom stereocenters. The first-order valence-electron chi connectivity index (χ1n) is 13.1. The Morgan fingerprint density at radius 1 is 1.03 bits per heavy atom. The Morgan fingerprint density at radius 2 is 1.82 bits per heavy atom. The Hall–Kier alpha value is -3.89. The average Bonchev–Trinajstić information content (AvgIpc) is 3.24. The molecule has 39 heavy (non-hydrogen) atoms. The van der Waals surface area contributed by atoms with Crippen molar-refractivity contribution in [3.63, 3.8) is 0 Å². The SMILES string of the molecule is COc1cc(N2CCNCC2)ccc1Nc1cc2c(cn1)C(C)(C)CN2S(=O)(=O)c1cccc2cccnc12. The van der Waals surface area contributed by atoms with Gasteiger partial charge in [-0.25, -0.2) is 13.4 Å². The number of para-hydroxylation sites is 1. The number of fused-ring (bicyclic) bond motifs is 2. The maximum absolute atomic E-state index is 14.1. The highest BCUT2D eigenvalue weighted by Gasteiger charge is 2.42. The summed E-state index contributed by atoms with van der Waals surface area (Å²) >= 11 is 0. The van der Waals surface area contributed by atoms with Gasteiger partial charge in [-0.15, -0.1) is 0 Å². The van der Waals surface area contributed by atoms with E-state index >= 15 is 0 Å². The topological polar surface area (TPSA) is 99.7 Å². The summed E-state index contributed by atoms with van der Waals surface area (Å²) in [5.74, 6) is 1.23. The van der Waals surface area contributed by atoms with Gasteiger partial charge in [-0.3, -0.25) is 9.29 Å². The smallest absolute Gasteiger partial charge is 0.266 e. The largest absolute Gasteiger partial charge is 0.494 e. The first-order chi connectivity index (χ1) is 18.8. The number of nitrogens with one attached hydrogen (secondary N) is 2. The van der Waals surface area contributed by atoms with Gasteiger partial charge in [-0.05, 0) is 24.3 Å². The van der Waals surface area contributed by atoms with Crippen LogP contribution in [0, 0.1) is 0 Å². The van der Waals surface area contributed by atoms with Crippen LogP contribution in [-0.4, -0.2) is 58.2 Å². The minimum atomic E-state index is -3.89. The second-order valence-electron chi connectivity index (χ2n) is 10.6. The van der Waals surface area contributed by atoms with E-state index < -0.39 is 15.4 Å². The van der Waals surface area contributed by atoms with Crippen molar-refractivity contribution in [2.45, 2.75) is 24.2 Å². The fourth-order valence-electron chi connectivity index (χ4n) is 5.43. The van der Waals surface area contributed by atoms with E-state index in [1.807, 2.05) is 44.2 Å². The van der Waals surface area contributed by atoms with Crippen LogP contribution in [0.5, 0.6) is 5.75 Å². The summed E-state index contributed by atoms with van der Waals surface area (Å²) in [6, 6.07) is 16.8. The number of pyridine rings is 2. The lowest BCUT2D eigenvalue weighted by molar-refractivity contribution is 0.416. The van der Waals surface area contributed by atoms with Crippen LogP contribution in [-0.2, 0) is 15.4 Å². The van der Waals surface area contributed by atoms with Gasteiger partial charge in [0, 0.05) is 79.3 Å². The van der Waals surface area contributed by atoms with Gasteiger partial charge >= 0.3 is 0 Å². The van der Waals surface area contributed by atoms with E-state index in [-0.39, 0.29) is 4.90 Å². The molecule has 0 spiro atoms. The van der Waals surface area contributed by atoms with E-state index in [0.29, 0.717) is 29.3 Å². The van der Waals surface area contributed by atoms with Crippen LogP contribution in [0.2, 0.25) is 0 Å². The number of hydrogen-bond acceptors (Lipinski definition) is 8. The minimum Gasteiger partial charge on any atom is -0.494 e. The minimum absolute atomic E-state index is 0.195. The first kappa shape index (κ1) is 25.4. The van der Waals surface area contributed by atoms with Gasteiger partial charge in [-0.2, -0.15) is 0 Å². The van der Waals surface area contributed by atoms with Gasteiger partial charge < -0.3 is 20.3 Å². The summed E-state index contributed by atoms with van der Waals surface area (Å²) in [5.41, 5.74) is 3.41. The van der Waals surface area contributed by atoms with Gasteiger partial charge in [0.2, 0.25) is 0 Å². The Labute approximate surface area is 228 Å². The average molecular weight is 545 g/mol. The normalized spacial score (nSPS) is 16.8. The van der Waals surface area contributed by atoms with Gasteiger partial charge in [0.25, 0.3) is 10.0 Å². The van der Waals surface area contributed by atoms with Crippen LogP contribution < -0.4 is 24.6 Å². The van der Waals surface area contributed by atoms with Crippen molar-refractivity contribution >= 4 is 43.8 Å². The monoisotopic (exact) mass is 544 g/mol. The Balaban J connectivity index is 1.36. The zero-order valence-electron chi connectivity index (χ0n) is 22.3. The van der Waals surface area contributed by atoms with E-state index in [0.717, 1.165) is 48.5 Å². The van der Waals surface area contributed by atoms with Crippen LogP contribution in [0.25, 0.3) is 10.9 Å². The van der Waals surface area contributed by atoms with Gasteiger partial charge in [0.1, 0.15) is 16.5 Å². The summed E-state index contributed by atoms with van der Waals surface area (Å²) in [7, 11) is -2.24. The molecule has 6 rings (SSSR count). The molecule has 0 bridgehead atoms. The number of nitrogens with zero attached hydrogens (tertiary/aromatic N) is 4. The number of anilines is 4. The number of methoxy groups -OCH3 is 1. The van der Waals surface area contributed by atoms with Gasteiger partial charge in [0.05, 0.1) is 24.0 Å². The predicted octanol–water partition coefficient (Wildman–Crippen LogP) is 4.28. The van der Waals surface area contributed by atoms with E-state index in [9.17, 15) is 8.42 Å². The molecule has 4 aromatic rings. The van der Waals surface area contributed by atoms with E-state index in [4.69, 9.17) is 4.74 Å². The molecule has 0 aliphatic carbocycles. The zero-order valence-corrected chi connectivity index (χ0v) is 23.1. The summed E-state index contributed by atoms with van der Waals surface area (Å²) in [5, 5.41) is 7.51. The van der Waals surface area contributed by atoms with Crippen LogP contribution >= 0.6 is 0 Å². The van der Waals surface area contributed by atoms with Gasteiger partial charge in [-0.1, -0.05) is 32.0 Å². The van der Waals surface area contributed by atoms with E-state index in [1.165, 1.54) is 4.31 Å². The van der Waals surface area contributed by atoms with E-state index in [2.05, 4.69) is 31.6 Å². The maximum Gasteiger partial charge on any atom is 0.266 e. The molecule has 2 aromatic heterocycles. The summed E-state index contributed by atoms with van der Waals surface area (Å²) in [6.45, 7) is 8.16. The lowest BCUT2D eigenvalue weighted by Gasteiger charge is -2.30. The second-order valence-corrected chi connectivity index (χ2v) is 12.4. The molecule has 0 radical (unpaired) electrons. The highest BCUT2D eigenvalue weighted by Crippen LogP contribution is 2.45. The highest BCUT2D eigenvalue weighted by atomic mass is 32.2. The Kier molecular flexibility index (Phi) is 6.31. The molecule has 4 heterocycles. The second kappa shape index (κ2) is 9.69. The number of rotatable bonds is 6. The van der Waals surface area contributed by atoms with Crippen molar-refractivity contribution < 1.29 is 13.2 Å². The van der Waals surface area contributed by atoms with Crippen LogP contribution in [0.3, 0.4) is 0 Å². The third-order valence-corrected chi connectivity index (χ3v) is 9.30. The predicted molar refractivity (Wildman–Crippen MR) is 155 cm³/mol. The highest BCUT2D eigenvalue weighted by molar-refractivity contribution is 7.93. The Morgan fingerprint density at radius 3 is 2.62 bits per heavy atom. The van der Waals surface area contributed by atoms with Crippen molar-refractivity contribution in [2.75, 3.05) is 54.4 Å². The zero-order chi connectivity index (χ0) is 27.2. The third-order valence-electron chi connectivity index (χ3n) is 7.51. The maximum atomic E-state index is 14.1. The molecule has 0 atom stereocenters.